The lowest BCUT2D eigenvalue weighted by molar-refractivity contribution is -0.153. The largest absolute Gasteiger partial charge is 0.493 e. The lowest BCUT2D eigenvalue weighted by Gasteiger charge is -2.15. The van der Waals surface area contributed by atoms with Crippen molar-refractivity contribution in [2.45, 2.75) is 32.0 Å². The van der Waals surface area contributed by atoms with Crippen LogP contribution in [0.1, 0.15) is 18.9 Å². The molecule has 6 heteroatoms. The van der Waals surface area contributed by atoms with Gasteiger partial charge in [-0.2, -0.15) is 13.2 Å². The molecule has 0 amide bonds. The molecule has 0 aliphatic carbocycles. The van der Waals surface area contributed by atoms with Crippen LogP contribution >= 0.6 is 0 Å². The zero-order chi connectivity index (χ0) is 14.5. The van der Waals surface area contributed by atoms with E-state index in [1.807, 2.05) is 6.92 Å². The number of rotatable bonds is 6. The van der Waals surface area contributed by atoms with Crippen molar-refractivity contribution in [3.05, 3.63) is 23.8 Å². The van der Waals surface area contributed by atoms with E-state index in [9.17, 15) is 13.2 Å². The highest BCUT2D eigenvalue weighted by atomic mass is 19.4. The minimum Gasteiger partial charge on any atom is -0.493 e. The first kappa shape index (κ1) is 15.6. The Hall–Kier alpha value is -1.43. The number of benzene rings is 1. The second-order valence-corrected chi connectivity index (χ2v) is 4.26. The van der Waals surface area contributed by atoms with Crippen molar-refractivity contribution in [3.63, 3.8) is 0 Å². The number of halogens is 3. The van der Waals surface area contributed by atoms with Gasteiger partial charge in [-0.25, -0.2) is 0 Å². The highest BCUT2D eigenvalue weighted by Crippen LogP contribution is 2.30. The Morgan fingerprint density at radius 1 is 1.26 bits per heavy atom. The predicted octanol–water partition coefficient (Wildman–Crippen LogP) is 2.92. The molecule has 108 valence electrons. The summed E-state index contributed by atoms with van der Waals surface area (Å²) in [5.41, 5.74) is 6.64. The van der Waals surface area contributed by atoms with Crippen LogP contribution in [0.3, 0.4) is 0 Å². The van der Waals surface area contributed by atoms with Gasteiger partial charge in [-0.05, 0) is 30.5 Å². The van der Waals surface area contributed by atoms with Crippen molar-refractivity contribution in [1.82, 2.24) is 0 Å². The van der Waals surface area contributed by atoms with Crippen molar-refractivity contribution < 1.29 is 22.6 Å². The zero-order valence-corrected chi connectivity index (χ0v) is 11.0. The molecule has 3 nitrogen and oxygen atoms in total. The lowest BCUT2D eigenvalue weighted by Crippen LogP contribution is -2.22. The maximum Gasteiger partial charge on any atom is 0.422 e. The number of methoxy groups -OCH3 is 1. The molecule has 0 spiro atoms. The van der Waals surface area contributed by atoms with Gasteiger partial charge in [-0.1, -0.05) is 13.0 Å². The molecule has 1 unspecified atom stereocenters. The molecule has 19 heavy (non-hydrogen) atoms. The maximum atomic E-state index is 12.2. The second kappa shape index (κ2) is 6.65. The molecule has 0 aromatic heterocycles. The highest BCUT2D eigenvalue weighted by molar-refractivity contribution is 5.43. The molecule has 0 heterocycles. The van der Waals surface area contributed by atoms with Crippen LogP contribution in [0.25, 0.3) is 0 Å². The van der Waals surface area contributed by atoms with E-state index >= 15 is 0 Å². The van der Waals surface area contributed by atoms with Gasteiger partial charge in [-0.3, -0.25) is 0 Å². The summed E-state index contributed by atoms with van der Waals surface area (Å²) in [6.07, 6.45) is -2.99. The van der Waals surface area contributed by atoms with E-state index in [1.165, 1.54) is 7.11 Å². The third kappa shape index (κ3) is 5.38. The fourth-order valence-electron chi connectivity index (χ4n) is 1.57. The molecule has 0 aliphatic heterocycles. The molecular formula is C13H18F3NO2. The number of ether oxygens (including phenoxy) is 2. The van der Waals surface area contributed by atoms with Crippen LogP contribution in [0.2, 0.25) is 0 Å². The van der Waals surface area contributed by atoms with Crippen molar-refractivity contribution in [2.75, 3.05) is 13.7 Å². The third-order valence-electron chi connectivity index (χ3n) is 2.64. The van der Waals surface area contributed by atoms with Crippen molar-refractivity contribution in [1.29, 1.82) is 0 Å². The van der Waals surface area contributed by atoms with E-state index < -0.39 is 12.8 Å². The fourth-order valence-corrected chi connectivity index (χ4v) is 1.57. The summed E-state index contributed by atoms with van der Waals surface area (Å²) in [4.78, 5) is 0. The van der Waals surface area contributed by atoms with Crippen LogP contribution in [0.5, 0.6) is 11.5 Å². The second-order valence-electron chi connectivity index (χ2n) is 4.26. The minimum atomic E-state index is -4.37. The SMILES string of the molecule is CCC(N)Cc1ccc(OC)c(OCC(F)(F)F)c1. The molecule has 1 aromatic rings. The Morgan fingerprint density at radius 2 is 1.95 bits per heavy atom. The Morgan fingerprint density at radius 3 is 2.47 bits per heavy atom. The van der Waals surface area contributed by atoms with Crippen LogP contribution in [0, 0.1) is 0 Å². The number of hydrogen-bond acceptors (Lipinski definition) is 3. The van der Waals surface area contributed by atoms with Crippen molar-refractivity contribution in [3.8, 4) is 11.5 Å². The topological polar surface area (TPSA) is 44.5 Å². The summed E-state index contributed by atoms with van der Waals surface area (Å²) in [5, 5.41) is 0. The molecule has 0 aliphatic rings. The summed E-state index contributed by atoms with van der Waals surface area (Å²) in [5.74, 6) is 0.360. The van der Waals surface area contributed by atoms with Crippen LogP contribution in [-0.4, -0.2) is 25.9 Å². The molecule has 2 N–H and O–H groups in total. The first-order valence-corrected chi connectivity index (χ1v) is 5.97. The van der Waals surface area contributed by atoms with E-state index in [0.717, 1.165) is 12.0 Å². The Labute approximate surface area is 110 Å². The Kier molecular flexibility index (Phi) is 5.47. The Bertz CT molecular complexity index is 407. The maximum absolute atomic E-state index is 12.2. The quantitative estimate of drug-likeness (QED) is 0.869. The van der Waals surface area contributed by atoms with Gasteiger partial charge in [0.2, 0.25) is 0 Å². The molecule has 0 bridgehead atoms. The van der Waals surface area contributed by atoms with E-state index in [2.05, 4.69) is 0 Å². The van der Waals surface area contributed by atoms with Gasteiger partial charge >= 0.3 is 6.18 Å². The smallest absolute Gasteiger partial charge is 0.422 e. The summed E-state index contributed by atoms with van der Waals surface area (Å²) >= 11 is 0. The normalized spacial score (nSPS) is 13.2. The number of nitrogens with two attached hydrogens (primary N) is 1. The monoisotopic (exact) mass is 277 g/mol. The molecule has 0 saturated heterocycles. The first-order valence-electron chi connectivity index (χ1n) is 5.97. The first-order chi connectivity index (χ1) is 8.85. The van der Waals surface area contributed by atoms with Crippen LogP contribution in [0.15, 0.2) is 18.2 Å². The molecular weight excluding hydrogens is 259 g/mol. The van der Waals surface area contributed by atoms with Gasteiger partial charge in [-0.15, -0.1) is 0 Å². The van der Waals surface area contributed by atoms with Crippen LogP contribution in [0.4, 0.5) is 13.2 Å². The highest BCUT2D eigenvalue weighted by Gasteiger charge is 2.29. The standard InChI is InChI=1S/C13H18F3NO2/c1-3-10(17)6-9-4-5-11(18-2)12(7-9)19-8-13(14,15)16/h4-5,7,10H,3,6,8,17H2,1-2H3. The van der Waals surface area contributed by atoms with E-state index in [4.69, 9.17) is 15.2 Å². The molecule has 0 radical (unpaired) electrons. The van der Waals surface area contributed by atoms with Gasteiger partial charge in [0.25, 0.3) is 0 Å². The van der Waals surface area contributed by atoms with Crippen molar-refractivity contribution >= 4 is 0 Å². The van der Waals surface area contributed by atoms with Gasteiger partial charge < -0.3 is 15.2 Å². The number of hydrogen-bond donors (Lipinski definition) is 1. The van der Waals surface area contributed by atoms with E-state index in [0.29, 0.717) is 6.42 Å². The van der Waals surface area contributed by atoms with Crippen molar-refractivity contribution in [2.24, 2.45) is 5.73 Å². The summed E-state index contributed by atoms with van der Waals surface area (Å²) < 4.78 is 46.2. The average Bonchev–Trinajstić information content (AvgIpc) is 2.35. The summed E-state index contributed by atoms with van der Waals surface area (Å²) in [6, 6.07) is 4.88. The van der Waals surface area contributed by atoms with E-state index in [-0.39, 0.29) is 17.5 Å². The molecule has 1 aromatic carbocycles. The molecule has 0 saturated carbocycles. The average molecular weight is 277 g/mol. The van der Waals surface area contributed by atoms with Gasteiger partial charge in [0.15, 0.2) is 18.1 Å². The Balaban J connectivity index is 2.83. The lowest BCUT2D eigenvalue weighted by atomic mass is 10.0. The van der Waals surface area contributed by atoms with Gasteiger partial charge in [0.05, 0.1) is 7.11 Å². The van der Waals surface area contributed by atoms with Gasteiger partial charge in [0.1, 0.15) is 0 Å². The summed E-state index contributed by atoms with van der Waals surface area (Å²) in [7, 11) is 1.38. The van der Waals surface area contributed by atoms with Gasteiger partial charge in [0, 0.05) is 6.04 Å². The molecule has 1 rings (SSSR count). The van der Waals surface area contributed by atoms with Crippen LogP contribution in [-0.2, 0) is 6.42 Å². The van der Waals surface area contributed by atoms with Crippen LogP contribution < -0.4 is 15.2 Å². The third-order valence-corrected chi connectivity index (χ3v) is 2.64. The minimum absolute atomic E-state index is 0.0242. The molecule has 1 atom stereocenters. The fraction of sp³-hybridized carbons (Fsp3) is 0.538. The van der Waals surface area contributed by atoms with E-state index in [1.54, 1.807) is 18.2 Å². The molecule has 0 fully saturated rings. The summed E-state index contributed by atoms with van der Waals surface area (Å²) in [6.45, 7) is 0.613. The number of alkyl halides is 3. The predicted molar refractivity (Wildman–Crippen MR) is 66.5 cm³/mol. The zero-order valence-electron chi connectivity index (χ0n) is 11.0.